The van der Waals surface area contributed by atoms with E-state index < -0.39 is 24.3 Å². The van der Waals surface area contributed by atoms with E-state index in [1.807, 2.05) is 0 Å². The number of thiophene rings is 1. The largest absolute Gasteiger partial charge is 0.456 e. The number of benzene rings is 1. The Morgan fingerprint density at radius 1 is 1.23 bits per heavy atom. The molecule has 2 amide bonds. The van der Waals surface area contributed by atoms with Gasteiger partial charge < -0.3 is 15.4 Å². The van der Waals surface area contributed by atoms with Gasteiger partial charge in [-0.25, -0.2) is 4.39 Å². The first-order chi connectivity index (χ1) is 12.5. The quantitative estimate of drug-likeness (QED) is 0.484. The van der Waals surface area contributed by atoms with Crippen LogP contribution in [0.2, 0.25) is 0 Å². The van der Waals surface area contributed by atoms with Gasteiger partial charge in [-0.05, 0) is 36.1 Å². The van der Waals surface area contributed by atoms with Gasteiger partial charge >= 0.3 is 5.97 Å². The molecule has 0 aliphatic carbocycles. The Balaban J connectivity index is 1.62. The molecule has 0 spiro atoms. The number of amides is 2. The molecule has 0 unspecified atom stereocenters. The zero-order valence-corrected chi connectivity index (χ0v) is 16.0. The van der Waals surface area contributed by atoms with Gasteiger partial charge in [-0.1, -0.05) is 15.9 Å². The summed E-state index contributed by atoms with van der Waals surface area (Å²) < 4.78 is 19.0. The van der Waals surface area contributed by atoms with Crippen molar-refractivity contribution in [1.29, 1.82) is 0 Å². The number of hydrogen-bond acceptors (Lipinski definition) is 5. The SMILES string of the molecule is O=C(COC(=O)CCCNC(=O)c1ccsc1)Nc1ccc(Br)cc1F. The first-order valence-corrected chi connectivity index (χ1v) is 9.40. The van der Waals surface area contributed by atoms with Crippen LogP contribution in [0, 0.1) is 5.82 Å². The Hall–Kier alpha value is -2.26. The van der Waals surface area contributed by atoms with E-state index in [4.69, 9.17) is 4.74 Å². The van der Waals surface area contributed by atoms with E-state index in [1.54, 1.807) is 22.9 Å². The lowest BCUT2D eigenvalue weighted by atomic mass is 10.3. The van der Waals surface area contributed by atoms with E-state index in [0.717, 1.165) is 0 Å². The van der Waals surface area contributed by atoms with Crippen LogP contribution in [0.5, 0.6) is 0 Å². The van der Waals surface area contributed by atoms with Crippen LogP contribution in [0.3, 0.4) is 0 Å². The van der Waals surface area contributed by atoms with Crippen molar-refractivity contribution < 1.29 is 23.5 Å². The zero-order valence-electron chi connectivity index (χ0n) is 13.6. The Morgan fingerprint density at radius 3 is 2.73 bits per heavy atom. The number of hydrogen-bond donors (Lipinski definition) is 2. The van der Waals surface area contributed by atoms with Crippen molar-refractivity contribution >= 4 is 50.7 Å². The molecule has 0 saturated heterocycles. The standard InChI is InChI=1S/C17H16BrFN2O4S/c18-12-3-4-14(13(19)8-12)21-15(22)9-25-16(23)2-1-6-20-17(24)11-5-7-26-10-11/h3-5,7-8,10H,1-2,6,9H2,(H,20,24)(H,21,22). The fourth-order valence-corrected chi connectivity index (χ4v) is 2.89. The lowest BCUT2D eigenvalue weighted by Gasteiger charge is -2.08. The number of halogens is 2. The maximum absolute atomic E-state index is 13.6. The van der Waals surface area contributed by atoms with Crippen LogP contribution < -0.4 is 10.6 Å². The molecule has 0 aliphatic heterocycles. The van der Waals surface area contributed by atoms with Gasteiger partial charge in [-0.3, -0.25) is 14.4 Å². The number of carbonyl (C=O) groups is 3. The third-order valence-electron chi connectivity index (χ3n) is 3.20. The normalized spacial score (nSPS) is 10.2. The van der Waals surface area contributed by atoms with Gasteiger partial charge in [0, 0.05) is 28.4 Å². The Labute approximate surface area is 161 Å². The molecule has 0 bridgehead atoms. The third kappa shape index (κ3) is 6.57. The van der Waals surface area contributed by atoms with E-state index in [0.29, 0.717) is 23.0 Å². The van der Waals surface area contributed by atoms with Crippen LogP contribution in [-0.4, -0.2) is 30.9 Å². The monoisotopic (exact) mass is 442 g/mol. The fourth-order valence-electron chi connectivity index (χ4n) is 1.93. The van der Waals surface area contributed by atoms with Gasteiger partial charge in [0.15, 0.2) is 6.61 Å². The molecule has 0 aliphatic rings. The van der Waals surface area contributed by atoms with Crippen molar-refractivity contribution in [1.82, 2.24) is 5.32 Å². The zero-order chi connectivity index (χ0) is 18.9. The smallest absolute Gasteiger partial charge is 0.306 e. The molecule has 1 heterocycles. The lowest BCUT2D eigenvalue weighted by molar-refractivity contribution is -0.147. The van der Waals surface area contributed by atoms with E-state index in [-0.39, 0.29) is 18.0 Å². The van der Waals surface area contributed by atoms with Crippen molar-refractivity contribution in [2.75, 3.05) is 18.5 Å². The van der Waals surface area contributed by atoms with Gasteiger partial charge in [0.2, 0.25) is 0 Å². The van der Waals surface area contributed by atoms with E-state index >= 15 is 0 Å². The summed E-state index contributed by atoms with van der Waals surface area (Å²) in [5.41, 5.74) is 0.583. The molecule has 0 saturated carbocycles. The molecule has 6 nitrogen and oxygen atoms in total. The van der Waals surface area contributed by atoms with Crippen LogP contribution in [0.15, 0.2) is 39.5 Å². The summed E-state index contributed by atoms with van der Waals surface area (Å²) in [5, 5.41) is 8.54. The molecule has 2 N–H and O–H groups in total. The highest BCUT2D eigenvalue weighted by atomic mass is 79.9. The average Bonchev–Trinajstić information content (AvgIpc) is 3.14. The maximum atomic E-state index is 13.6. The molecule has 0 fully saturated rings. The van der Waals surface area contributed by atoms with E-state index in [1.165, 1.54) is 23.5 Å². The second-order valence-electron chi connectivity index (χ2n) is 5.20. The summed E-state index contributed by atoms with van der Waals surface area (Å²) in [7, 11) is 0. The van der Waals surface area contributed by atoms with Gasteiger partial charge in [-0.15, -0.1) is 0 Å². The minimum Gasteiger partial charge on any atom is -0.456 e. The highest BCUT2D eigenvalue weighted by molar-refractivity contribution is 9.10. The highest BCUT2D eigenvalue weighted by Crippen LogP contribution is 2.19. The number of nitrogens with one attached hydrogen (secondary N) is 2. The molecule has 1 aromatic carbocycles. The molecule has 1 aromatic heterocycles. The molecule has 0 radical (unpaired) electrons. The summed E-state index contributed by atoms with van der Waals surface area (Å²) in [6, 6.07) is 5.90. The van der Waals surface area contributed by atoms with Crippen molar-refractivity contribution in [2.24, 2.45) is 0 Å². The first kappa shape index (κ1) is 20.1. The molecule has 0 atom stereocenters. The number of rotatable bonds is 8. The number of anilines is 1. The minimum absolute atomic E-state index is 0.00499. The number of carbonyl (C=O) groups excluding carboxylic acids is 3. The van der Waals surface area contributed by atoms with E-state index in [9.17, 15) is 18.8 Å². The van der Waals surface area contributed by atoms with Crippen LogP contribution in [0.4, 0.5) is 10.1 Å². The second kappa shape index (κ2) is 10.0. The third-order valence-corrected chi connectivity index (χ3v) is 4.37. The Kier molecular flexibility index (Phi) is 7.73. The van der Waals surface area contributed by atoms with Crippen molar-refractivity contribution in [2.45, 2.75) is 12.8 Å². The van der Waals surface area contributed by atoms with Gasteiger partial charge in [-0.2, -0.15) is 11.3 Å². The molecule has 2 aromatic rings. The van der Waals surface area contributed by atoms with E-state index in [2.05, 4.69) is 26.6 Å². The Bertz CT molecular complexity index is 783. The molecular weight excluding hydrogens is 427 g/mol. The predicted octanol–water partition coefficient (Wildman–Crippen LogP) is 3.34. The topological polar surface area (TPSA) is 84.5 Å². The van der Waals surface area contributed by atoms with Gasteiger partial charge in [0.25, 0.3) is 11.8 Å². The van der Waals surface area contributed by atoms with Crippen molar-refractivity contribution in [3.05, 3.63) is 50.9 Å². The van der Waals surface area contributed by atoms with Crippen molar-refractivity contribution in [3.8, 4) is 0 Å². The van der Waals surface area contributed by atoms with Crippen molar-refractivity contribution in [3.63, 3.8) is 0 Å². The molecule has 26 heavy (non-hydrogen) atoms. The maximum Gasteiger partial charge on any atom is 0.306 e. The van der Waals surface area contributed by atoms with Gasteiger partial charge in [0.1, 0.15) is 5.82 Å². The summed E-state index contributed by atoms with van der Waals surface area (Å²) in [6.07, 6.45) is 0.446. The molecule has 138 valence electrons. The second-order valence-corrected chi connectivity index (χ2v) is 6.90. The van der Waals surface area contributed by atoms with Crippen LogP contribution in [0.25, 0.3) is 0 Å². The summed E-state index contributed by atoms with van der Waals surface area (Å²) in [4.78, 5) is 35.0. The lowest BCUT2D eigenvalue weighted by Crippen LogP contribution is -2.25. The minimum atomic E-state index is -0.634. The fraction of sp³-hybridized carbons (Fsp3) is 0.235. The van der Waals surface area contributed by atoms with Crippen LogP contribution in [0.1, 0.15) is 23.2 Å². The average molecular weight is 443 g/mol. The first-order valence-electron chi connectivity index (χ1n) is 7.66. The Morgan fingerprint density at radius 2 is 2.04 bits per heavy atom. The summed E-state index contributed by atoms with van der Waals surface area (Å²) in [6.45, 7) is -0.185. The predicted molar refractivity (Wildman–Crippen MR) is 99.6 cm³/mol. The number of ether oxygens (including phenoxy) is 1. The highest BCUT2D eigenvalue weighted by Gasteiger charge is 2.11. The summed E-state index contributed by atoms with van der Waals surface area (Å²) in [5.74, 6) is -2.00. The molecular formula is C17H16BrFN2O4S. The molecule has 2 rings (SSSR count). The summed E-state index contributed by atoms with van der Waals surface area (Å²) >= 11 is 4.54. The van der Waals surface area contributed by atoms with Crippen LogP contribution >= 0.6 is 27.3 Å². The molecule has 9 heteroatoms. The van der Waals surface area contributed by atoms with Crippen LogP contribution in [-0.2, 0) is 14.3 Å². The number of esters is 1. The van der Waals surface area contributed by atoms with Gasteiger partial charge in [0.05, 0.1) is 5.69 Å².